The molecule has 0 amide bonds. The van der Waals surface area contributed by atoms with Crippen LogP contribution in [0.15, 0.2) is 23.0 Å². The predicted molar refractivity (Wildman–Crippen MR) is 74.3 cm³/mol. The fourth-order valence-electron chi connectivity index (χ4n) is 3.50. The molecule has 0 bridgehead atoms. The van der Waals surface area contributed by atoms with E-state index in [-0.39, 0.29) is 17.0 Å². The maximum Gasteiger partial charge on any atom is 0.296 e. The van der Waals surface area contributed by atoms with Crippen molar-refractivity contribution in [2.45, 2.75) is 32.7 Å². The summed E-state index contributed by atoms with van der Waals surface area (Å²) in [5.41, 5.74) is 3.18. The lowest BCUT2D eigenvalue weighted by molar-refractivity contribution is 0.289. The number of benzene rings is 1. The molecule has 0 radical (unpaired) electrons. The largest absolute Gasteiger partial charge is 0.378 e. The van der Waals surface area contributed by atoms with Crippen LogP contribution in [0, 0.1) is 5.41 Å². The molecule has 2 aliphatic rings. The summed E-state index contributed by atoms with van der Waals surface area (Å²) < 4.78 is 0. The predicted octanol–water partition coefficient (Wildman–Crippen LogP) is 2.43. The van der Waals surface area contributed by atoms with Gasteiger partial charge in [0.2, 0.25) is 0 Å². The summed E-state index contributed by atoms with van der Waals surface area (Å²) in [7, 11) is 0. The molecule has 0 saturated carbocycles. The van der Waals surface area contributed by atoms with Gasteiger partial charge in [-0.05, 0) is 30.4 Å². The zero-order valence-electron chi connectivity index (χ0n) is 11.0. The summed E-state index contributed by atoms with van der Waals surface area (Å²) in [4.78, 5) is 12.1. The van der Waals surface area contributed by atoms with Crippen LogP contribution < -0.4 is 10.9 Å². The Balaban J connectivity index is 2.18. The first kappa shape index (κ1) is 10.9. The van der Waals surface area contributed by atoms with Crippen LogP contribution in [-0.4, -0.2) is 10.2 Å². The van der Waals surface area contributed by atoms with Crippen molar-refractivity contribution in [2.75, 3.05) is 5.32 Å². The second-order valence-electron chi connectivity index (χ2n) is 6.34. The van der Waals surface area contributed by atoms with E-state index in [9.17, 15) is 4.79 Å². The molecular weight excluding hydrogens is 238 g/mol. The fourth-order valence-corrected chi connectivity index (χ4v) is 3.50. The second-order valence-corrected chi connectivity index (χ2v) is 6.34. The number of aromatic nitrogens is 2. The number of nitrogens with zero attached hydrogens (tertiary/aromatic N) is 2. The second kappa shape index (κ2) is 3.32. The quantitative estimate of drug-likeness (QED) is 0.783. The van der Waals surface area contributed by atoms with Gasteiger partial charge in [0.25, 0.3) is 5.56 Å². The lowest BCUT2D eigenvalue weighted by atomic mass is 9.74. The Morgan fingerprint density at radius 1 is 1.32 bits per heavy atom. The van der Waals surface area contributed by atoms with Crippen molar-refractivity contribution in [1.82, 2.24) is 10.2 Å². The summed E-state index contributed by atoms with van der Waals surface area (Å²) in [5, 5.41) is 13.4. The lowest BCUT2D eigenvalue weighted by Crippen LogP contribution is -2.27. The van der Waals surface area contributed by atoms with Gasteiger partial charge in [0.05, 0.1) is 17.1 Å². The Bertz CT molecular complexity index is 767. The minimum Gasteiger partial charge on any atom is -0.378 e. The van der Waals surface area contributed by atoms with Crippen molar-refractivity contribution in [3.8, 4) is 0 Å². The molecule has 0 fully saturated rings. The molecule has 4 nitrogen and oxygen atoms in total. The molecule has 1 atom stereocenters. The van der Waals surface area contributed by atoms with Crippen LogP contribution in [0.5, 0.6) is 0 Å². The van der Waals surface area contributed by atoms with Crippen LogP contribution in [0.3, 0.4) is 0 Å². The Kier molecular flexibility index (Phi) is 1.91. The zero-order valence-corrected chi connectivity index (χ0v) is 11.0. The molecule has 96 valence electrons. The van der Waals surface area contributed by atoms with Crippen molar-refractivity contribution >= 4 is 16.5 Å². The molecule has 19 heavy (non-hydrogen) atoms. The molecule has 1 aromatic carbocycles. The molecule has 2 heterocycles. The summed E-state index contributed by atoms with van der Waals surface area (Å²) in [5.74, 6) is 0. The summed E-state index contributed by atoms with van der Waals surface area (Å²) in [6.07, 6.45) is 1.94. The van der Waals surface area contributed by atoms with Crippen LogP contribution in [0.4, 0.5) is 5.69 Å². The number of hydrogen-bond donors (Lipinski definition) is 1. The monoisotopic (exact) mass is 253 g/mol. The average Bonchev–Trinajstić information content (AvgIpc) is 2.64. The Morgan fingerprint density at radius 2 is 2.16 bits per heavy atom. The van der Waals surface area contributed by atoms with E-state index in [2.05, 4.69) is 29.4 Å². The minimum atomic E-state index is -0.230. The molecule has 1 aliphatic heterocycles. The topological polar surface area (TPSA) is 54.9 Å². The van der Waals surface area contributed by atoms with Gasteiger partial charge in [0.15, 0.2) is 0 Å². The van der Waals surface area contributed by atoms with Gasteiger partial charge in [-0.25, -0.2) is 0 Å². The molecule has 0 spiro atoms. The van der Waals surface area contributed by atoms with Crippen molar-refractivity contribution in [1.29, 1.82) is 0 Å². The van der Waals surface area contributed by atoms with E-state index in [1.165, 1.54) is 5.56 Å². The van der Waals surface area contributed by atoms with E-state index >= 15 is 0 Å². The molecule has 1 N–H and O–H groups in total. The number of rotatable bonds is 0. The lowest BCUT2D eigenvalue weighted by Gasteiger charge is -2.33. The molecule has 1 aromatic heterocycles. The molecule has 4 heteroatoms. The van der Waals surface area contributed by atoms with E-state index in [1.807, 2.05) is 18.2 Å². The Hall–Kier alpha value is -1.97. The van der Waals surface area contributed by atoms with Gasteiger partial charge < -0.3 is 5.32 Å². The van der Waals surface area contributed by atoms with Crippen LogP contribution in [0.2, 0.25) is 0 Å². The number of hydrogen-bond acceptors (Lipinski definition) is 4. The van der Waals surface area contributed by atoms with Gasteiger partial charge in [-0.3, -0.25) is 4.79 Å². The first-order valence-corrected chi connectivity index (χ1v) is 6.64. The van der Waals surface area contributed by atoms with Crippen molar-refractivity contribution in [3.05, 3.63) is 39.8 Å². The van der Waals surface area contributed by atoms with E-state index in [4.69, 9.17) is 0 Å². The van der Waals surface area contributed by atoms with E-state index in [0.717, 1.165) is 29.6 Å². The van der Waals surface area contributed by atoms with Crippen LogP contribution in [0.25, 0.3) is 10.8 Å². The third kappa shape index (κ3) is 1.43. The van der Waals surface area contributed by atoms with Crippen LogP contribution in [0.1, 0.15) is 37.6 Å². The highest BCUT2D eigenvalue weighted by Gasteiger charge is 2.38. The Labute approximate surface area is 110 Å². The third-order valence-electron chi connectivity index (χ3n) is 4.22. The van der Waals surface area contributed by atoms with Gasteiger partial charge in [-0.2, -0.15) is 5.10 Å². The normalized spacial score (nSPS) is 22.3. The van der Waals surface area contributed by atoms with Crippen LogP contribution >= 0.6 is 0 Å². The number of nitrogens with one attached hydrogen (secondary N) is 1. The molecule has 2 aromatic rings. The van der Waals surface area contributed by atoms with E-state index < -0.39 is 0 Å². The van der Waals surface area contributed by atoms with Crippen molar-refractivity contribution < 1.29 is 0 Å². The van der Waals surface area contributed by atoms with Gasteiger partial charge in [-0.1, -0.05) is 19.9 Å². The van der Waals surface area contributed by atoms with Gasteiger partial charge in [0, 0.05) is 16.6 Å². The van der Waals surface area contributed by atoms with E-state index in [0.29, 0.717) is 5.39 Å². The fraction of sp³-hybridized carbons (Fsp3) is 0.400. The summed E-state index contributed by atoms with van der Waals surface area (Å²) >= 11 is 0. The number of anilines is 1. The summed E-state index contributed by atoms with van der Waals surface area (Å²) in [6.45, 7) is 4.48. The molecule has 1 aliphatic carbocycles. The summed E-state index contributed by atoms with van der Waals surface area (Å²) in [6, 6.07) is 6.05. The minimum absolute atomic E-state index is 0.186. The first-order valence-electron chi connectivity index (χ1n) is 6.64. The van der Waals surface area contributed by atoms with Crippen LogP contribution in [-0.2, 0) is 6.42 Å². The molecular formula is C15H15N3O. The standard InChI is InChI=1S/C15H15N3O/c1-15(2)6-10-13-11(7-15)17-18-14(19)8-4-3-5-9(16-10)12(8)13/h3-5,10,16H,6-7H2,1-2H3. The zero-order chi connectivity index (χ0) is 13.2. The smallest absolute Gasteiger partial charge is 0.296 e. The SMILES string of the molecule is CC1(C)Cc2nnc(=O)c3cccc4c3c2C(C1)N4. The van der Waals surface area contributed by atoms with Gasteiger partial charge >= 0.3 is 0 Å². The highest BCUT2D eigenvalue weighted by Crippen LogP contribution is 2.48. The first-order chi connectivity index (χ1) is 9.05. The van der Waals surface area contributed by atoms with Crippen molar-refractivity contribution in [2.24, 2.45) is 5.41 Å². The third-order valence-corrected chi connectivity index (χ3v) is 4.22. The average molecular weight is 253 g/mol. The molecule has 0 saturated heterocycles. The van der Waals surface area contributed by atoms with Gasteiger partial charge in [-0.15, -0.1) is 5.10 Å². The van der Waals surface area contributed by atoms with Gasteiger partial charge in [0.1, 0.15) is 0 Å². The Morgan fingerprint density at radius 3 is 3.00 bits per heavy atom. The maximum absolute atomic E-state index is 12.1. The van der Waals surface area contributed by atoms with Crippen molar-refractivity contribution in [3.63, 3.8) is 0 Å². The van der Waals surface area contributed by atoms with E-state index in [1.54, 1.807) is 0 Å². The highest BCUT2D eigenvalue weighted by atomic mass is 16.1. The highest BCUT2D eigenvalue weighted by molar-refractivity contribution is 5.99. The maximum atomic E-state index is 12.1. The molecule has 1 unspecified atom stereocenters. The molecule has 4 rings (SSSR count).